The summed E-state index contributed by atoms with van der Waals surface area (Å²) in [6, 6.07) is 4.76. The van der Waals surface area contributed by atoms with Crippen LogP contribution >= 0.6 is 11.6 Å². The average Bonchev–Trinajstić information content (AvgIpc) is 2.08. The zero-order chi connectivity index (χ0) is 9.14. The number of benzene rings is 1. The van der Waals surface area contributed by atoms with Crippen molar-refractivity contribution in [2.75, 3.05) is 0 Å². The number of carbonyl (C=O) groups is 1. The summed E-state index contributed by atoms with van der Waals surface area (Å²) in [5, 5.41) is 9.36. The molecule has 0 radical (unpaired) electrons. The Balaban J connectivity index is 3.04. The maximum absolute atomic E-state index is 10.4. The first-order valence-electron chi connectivity index (χ1n) is 3.59. The number of hydrogen-bond donors (Lipinski definition) is 1. The van der Waals surface area contributed by atoms with Gasteiger partial charge in [0.1, 0.15) is 12.0 Å². The Morgan fingerprint density at radius 3 is 2.75 bits per heavy atom. The third-order valence-corrected chi connectivity index (χ3v) is 2.00. The first kappa shape index (κ1) is 9.07. The Morgan fingerprint density at radius 2 is 2.25 bits per heavy atom. The monoisotopic (exact) mass is 184 g/mol. The van der Waals surface area contributed by atoms with Gasteiger partial charge in [-0.05, 0) is 17.7 Å². The molecule has 0 fully saturated rings. The van der Waals surface area contributed by atoms with Gasteiger partial charge in [-0.1, -0.05) is 24.6 Å². The van der Waals surface area contributed by atoms with Crippen molar-refractivity contribution < 1.29 is 9.90 Å². The maximum atomic E-state index is 10.4. The van der Waals surface area contributed by atoms with Crippen LogP contribution in [0.25, 0.3) is 0 Å². The molecule has 0 bridgehead atoms. The van der Waals surface area contributed by atoms with E-state index >= 15 is 0 Å². The van der Waals surface area contributed by atoms with Crippen LogP contribution in [0.5, 0.6) is 5.75 Å². The van der Waals surface area contributed by atoms with E-state index in [-0.39, 0.29) is 16.7 Å². The molecule has 0 saturated carbocycles. The molecule has 0 spiro atoms. The van der Waals surface area contributed by atoms with E-state index in [2.05, 4.69) is 0 Å². The second-order valence-corrected chi connectivity index (χ2v) is 3.04. The summed E-state index contributed by atoms with van der Waals surface area (Å²) in [6.45, 7) is 1.77. The minimum absolute atomic E-state index is 0.0403. The quantitative estimate of drug-likeness (QED) is 0.717. The molecule has 0 amide bonds. The smallest absolute Gasteiger partial charge is 0.134 e. The van der Waals surface area contributed by atoms with E-state index in [1.165, 1.54) is 6.07 Å². The predicted octanol–water partition coefficient (Wildman–Crippen LogP) is 2.35. The standard InChI is InChI=1S/C9H9ClO2/c1-6(5-11)7-2-3-9(12)8(10)4-7/h2-6,12H,1H3. The van der Waals surface area contributed by atoms with Crippen LogP contribution in [-0.2, 0) is 4.79 Å². The fourth-order valence-electron chi connectivity index (χ4n) is 0.885. The number of hydrogen-bond acceptors (Lipinski definition) is 2. The minimum atomic E-state index is -0.178. The van der Waals surface area contributed by atoms with Gasteiger partial charge < -0.3 is 9.90 Å². The van der Waals surface area contributed by atoms with Gasteiger partial charge >= 0.3 is 0 Å². The van der Waals surface area contributed by atoms with Gasteiger partial charge in [-0.3, -0.25) is 0 Å². The van der Waals surface area contributed by atoms with Gasteiger partial charge in [0.05, 0.1) is 5.02 Å². The van der Waals surface area contributed by atoms with Crippen LogP contribution in [-0.4, -0.2) is 11.4 Å². The Labute approximate surface area is 75.8 Å². The molecule has 0 heterocycles. The van der Waals surface area contributed by atoms with Crippen molar-refractivity contribution in [2.24, 2.45) is 0 Å². The van der Waals surface area contributed by atoms with Crippen LogP contribution in [0, 0.1) is 0 Å². The van der Waals surface area contributed by atoms with Crippen molar-refractivity contribution in [1.82, 2.24) is 0 Å². The molecule has 0 aliphatic carbocycles. The van der Waals surface area contributed by atoms with Crippen molar-refractivity contribution in [3.05, 3.63) is 28.8 Å². The fraction of sp³-hybridized carbons (Fsp3) is 0.222. The second kappa shape index (κ2) is 3.59. The van der Waals surface area contributed by atoms with Gasteiger partial charge in [-0.2, -0.15) is 0 Å². The van der Waals surface area contributed by atoms with Crippen LogP contribution in [0.2, 0.25) is 5.02 Å². The maximum Gasteiger partial charge on any atom is 0.134 e. The largest absolute Gasteiger partial charge is 0.506 e. The van der Waals surface area contributed by atoms with Crippen molar-refractivity contribution >= 4 is 17.9 Å². The van der Waals surface area contributed by atoms with Crippen LogP contribution in [0.1, 0.15) is 18.4 Å². The first-order valence-corrected chi connectivity index (χ1v) is 3.96. The van der Waals surface area contributed by atoms with E-state index in [9.17, 15) is 4.79 Å². The third kappa shape index (κ3) is 1.77. The highest BCUT2D eigenvalue weighted by atomic mass is 35.5. The summed E-state index contributed by atoms with van der Waals surface area (Å²) < 4.78 is 0. The average molecular weight is 185 g/mol. The lowest BCUT2D eigenvalue weighted by molar-refractivity contribution is -0.108. The topological polar surface area (TPSA) is 37.3 Å². The number of carbonyl (C=O) groups excluding carboxylic acids is 1. The lowest BCUT2D eigenvalue weighted by Crippen LogP contribution is -1.93. The number of halogens is 1. The van der Waals surface area contributed by atoms with E-state index in [0.29, 0.717) is 0 Å². The molecule has 0 aromatic heterocycles. The van der Waals surface area contributed by atoms with Gasteiger partial charge in [0.25, 0.3) is 0 Å². The van der Waals surface area contributed by atoms with Crippen molar-refractivity contribution in [2.45, 2.75) is 12.8 Å². The highest BCUT2D eigenvalue weighted by molar-refractivity contribution is 6.32. The van der Waals surface area contributed by atoms with E-state index in [1.807, 2.05) is 0 Å². The predicted molar refractivity (Wildman–Crippen MR) is 47.6 cm³/mol. The SMILES string of the molecule is CC(C=O)c1ccc(O)c(Cl)c1. The van der Waals surface area contributed by atoms with E-state index in [1.54, 1.807) is 19.1 Å². The molecular formula is C9H9ClO2. The summed E-state index contributed by atoms with van der Waals surface area (Å²) in [5.74, 6) is -0.137. The highest BCUT2D eigenvalue weighted by Gasteiger charge is 2.05. The van der Waals surface area contributed by atoms with Crippen molar-refractivity contribution in [3.8, 4) is 5.75 Å². The molecule has 2 nitrogen and oxygen atoms in total. The van der Waals surface area contributed by atoms with Gasteiger partial charge in [-0.15, -0.1) is 0 Å². The number of aromatic hydroxyl groups is 1. The van der Waals surface area contributed by atoms with Gasteiger partial charge in [0.15, 0.2) is 0 Å². The molecule has 0 aliphatic rings. The molecule has 64 valence electrons. The summed E-state index contributed by atoms with van der Waals surface area (Å²) in [7, 11) is 0. The molecule has 0 saturated heterocycles. The molecule has 3 heteroatoms. The summed E-state index contributed by atoms with van der Waals surface area (Å²) >= 11 is 5.65. The Kier molecular flexibility index (Phi) is 2.71. The molecule has 1 atom stereocenters. The second-order valence-electron chi connectivity index (χ2n) is 2.64. The van der Waals surface area contributed by atoms with E-state index in [0.717, 1.165) is 11.8 Å². The van der Waals surface area contributed by atoms with Crippen LogP contribution in [0.15, 0.2) is 18.2 Å². The molecule has 1 rings (SSSR count). The summed E-state index contributed by atoms with van der Waals surface area (Å²) in [5.41, 5.74) is 0.813. The Bertz CT molecular complexity index is 297. The van der Waals surface area contributed by atoms with Crippen molar-refractivity contribution in [1.29, 1.82) is 0 Å². The van der Waals surface area contributed by atoms with Crippen LogP contribution in [0.4, 0.5) is 0 Å². The molecule has 0 aliphatic heterocycles. The molecule has 1 aromatic rings. The number of aldehydes is 1. The Hall–Kier alpha value is -1.02. The highest BCUT2D eigenvalue weighted by Crippen LogP contribution is 2.26. The minimum Gasteiger partial charge on any atom is -0.506 e. The van der Waals surface area contributed by atoms with E-state index < -0.39 is 0 Å². The van der Waals surface area contributed by atoms with Gasteiger partial charge in [0, 0.05) is 5.92 Å². The summed E-state index contributed by atoms with van der Waals surface area (Å²) in [4.78, 5) is 10.4. The number of rotatable bonds is 2. The molecule has 1 N–H and O–H groups in total. The number of phenolic OH excluding ortho intramolecular Hbond substituents is 1. The number of phenols is 1. The zero-order valence-corrected chi connectivity index (χ0v) is 7.38. The van der Waals surface area contributed by atoms with Crippen LogP contribution < -0.4 is 0 Å². The van der Waals surface area contributed by atoms with E-state index in [4.69, 9.17) is 16.7 Å². The summed E-state index contributed by atoms with van der Waals surface area (Å²) in [6.07, 6.45) is 0.836. The molecular weight excluding hydrogens is 176 g/mol. The Morgan fingerprint density at radius 1 is 1.58 bits per heavy atom. The van der Waals surface area contributed by atoms with Gasteiger partial charge in [-0.25, -0.2) is 0 Å². The van der Waals surface area contributed by atoms with Crippen molar-refractivity contribution in [3.63, 3.8) is 0 Å². The molecule has 12 heavy (non-hydrogen) atoms. The first-order chi connectivity index (χ1) is 5.65. The molecule has 1 aromatic carbocycles. The lowest BCUT2D eigenvalue weighted by Gasteiger charge is -2.04. The fourth-order valence-corrected chi connectivity index (χ4v) is 1.07. The van der Waals surface area contributed by atoms with Crippen LogP contribution in [0.3, 0.4) is 0 Å². The normalized spacial score (nSPS) is 12.5. The lowest BCUT2D eigenvalue weighted by atomic mass is 10.0. The third-order valence-electron chi connectivity index (χ3n) is 1.70. The molecule has 1 unspecified atom stereocenters. The zero-order valence-electron chi connectivity index (χ0n) is 6.62. The van der Waals surface area contributed by atoms with Gasteiger partial charge in [0.2, 0.25) is 0 Å².